The van der Waals surface area contributed by atoms with Crippen molar-refractivity contribution in [2.45, 2.75) is 62.6 Å². The lowest BCUT2D eigenvalue weighted by atomic mass is 9.54. The SMILES string of the molecule is CN=C(NCc1ccc(S(C)(=O)=O)c(C)c1)NC1C2CCOC2C12CCCC2. The highest BCUT2D eigenvalue weighted by Crippen LogP contribution is 2.60. The minimum Gasteiger partial charge on any atom is -0.377 e. The van der Waals surface area contributed by atoms with Gasteiger partial charge < -0.3 is 15.4 Å². The number of guanidine groups is 1. The molecular weight excluding hydrogens is 374 g/mol. The largest absolute Gasteiger partial charge is 0.377 e. The Kier molecular flexibility index (Phi) is 5.16. The molecule has 154 valence electrons. The van der Waals surface area contributed by atoms with Gasteiger partial charge in [0.1, 0.15) is 0 Å². The lowest BCUT2D eigenvalue weighted by Gasteiger charge is -2.57. The van der Waals surface area contributed by atoms with E-state index in [1.54, 1.807) is 13.1 Å². The van der Waals surface area contributed by atoms with E-state index in [1.807, 2.05) is 19.1 Å². The molecule has 2 N–H and O–H groups in total. The fraction of sp³-hybridized carbons (Fsp3) is 0.667. The van der Waals surface area contributed by atoms with Crippen molar-refractivity contribution in [2.24, 2.45) is 16.3 Å². The second-order valence-corrected chi connectivity index (χ2v) is 10.6. The number of fused-ring (bicyclic) bond motifs is 2. The first-order valence-corrected chi connectivity index (χ1v) is 12.1. The zero-order chi connectivity index (χ0) is 19.9. The normalized spacial score (nSPS) is 28.8. The first kappa shape index (κ1) is 19.7. The van der Waals surface area contributed by atoms with Gasteiger partial charge in [-0.3, -0.25) is 4.99 Å². The van der Waals surface area contributed by atoms with E-state index in [4.69, 9.17) is 4.74 Å². The molecule has 1 spiro atoms. The third-order valence-electron chi connectivity index (χ3n) is 6.90. The first-order chi connectivity index (χ1) is 13.3. The van der Waals surface area contributed by atoms with Crippen molar-refractivity contribution in [1.29, 1.82) is 0 Å². The Morgan fingerprint density at radius 2 is 2.07 bits per heavy atom. The molecule has 0 amide bonds. The van der Waals surface area contributed by atoms with Crippen LogP contribution in [0.2, 0.25) is 0 Å². The van der Waals surface area contributed by atoms with Crippen LogP contribution in [0, 0.1) is 18.3 Å². The van der Waals surface area contributed by atoms with E-state index in [-0.39, 0.29) is 5.41 Å². The number of rotatable bonds is 4. The highest BCUT2D eigenvalue weighted by molar-refractivity contribution is 7.90. The zero-order valence-electron chi connectivity index (χ0n) is 17.0. The molecule has 28 heavy (non-hydrogen) atoms. The van der Waals surface area contributed by atoms with E-state index in [9.17, 15) is 8.42 Å². The zero-order valence-corrected chi connectivity index (χ0v) is 17.8. The van der Waals surface area contributed by atoms with Gasteiger partial charge in [-0.1, -0.05) is 25.0 Å². The molecule has 3 aliphatic rings. The molecule has 1 saturated heterocycles. The van der Waals surface area contributed by atoms with E-state index < -0.39 is 9.84 Å². The molecule has 1 aromatic rings. The van der Waals surface area contributed by atoms with Crippen LogP contribution in [-0.2, 0) is 21.1 Å². The van der Waals surface area contributed by atoms with Crippen LogP contribution < -0.4 is 10.6 Å². The molecule has 0 aromatic heterocycles. The van der Waals surface area contributed by atoms with Crippen molar-refractivity contribution in [3.05, 3.63) is 29.3 Å². The van der Waals surface area contributed by atoms with E-state index in [2.05, 4.69) is 15.6 Å². The number of ether oxygens (including phenoxy) is 1. The summed E-state index contributed by atoms with van der Waals surface area (Å²) in [6.45, 7) is 3.33. The van der Waals surface area contributed by atoms with Gasteiger partial charge in [0, 0.05) is 43.8 Å². The summed E-state index contributed by atoms with van der Waals surface area (Å²) in [6.07, 6.45) is 7.89. The van der Waals surface area contributed by atoms with Gasteiger partial charge >= 0.3 is 0 Å². The molecule has 2 saturated carbocycles. The predicted octanol–water partition coefficient (Wildman–Crippen LogP) is 2.41. The van der Waals surface area contributed by atoms with Gasteiger partial charge in [0.05, 0.1) is 11.0 Å². The summed E-state index contributed by atoms with van der Waals surface area (Å²) in [7, 11) is -1.39. The summed E-state index contributed by atoms with van der Waals surface area (Å²) < 4.78 is 29.7. The Hall–Kier alpha value is -1.60. The maximum Gasteiger partial charge on any atom is 0.191 e. The molecule has 1 aliphatic heterocycles. The summed E-state index contributed by atoms with van der Waals surface area (Å²) in [4.78, 5) is 4.82. The topological polar surface area (TPSA) is 79.8 Å². The summed E-state index contributed by atoms with van der Waals surface area (Å²) in [5, 5.41) is 7.10. The van der Waals surface area contributed by atoms with Crippen LogP contribution in [0.5, 0.6) is 0 Å². The molecule has 3 fully saturated rings. The van der Waals surface area contributed by atoms with E-state index in [1.165, 1.54) is 31.9 Å². The average molecular weight is 406 g/mol. The van der Waals surface area contributed by atoms with Crippen molar-refractivity contribution in [3.8, 4) is 0 Å². The average Bonchev–Trinajstić information content (AvgIpc) is 3.29. The number of nitrogens with one attached hydrogen (secondary N) is 2. The summed E-state index contributed by atoms with van der Waals surface area (Å²) in [5.41, 5.74) is 2.10. The quantitative estimate of drug-likeness (QED) is 0.594. The highest BCUT2D eigenvalue weighted by atomic mass is 32.2. The lowest BCUT2D eigenvalue weighted by molar-refractivity contribution is -0.125. The number of aliphatic imine (C=N–C) groups is 1. The maximum atomic E-state index is 11.8. The second kappa shape index (κ2) is 7.34. The first-order valence-electron chi connectivity index (χ1n) is 10.2. The van der Waals surface area contributed by atoms with E-state index >= 15 is 0 Å². The Morgan fingerprint density at radius 1 is 1.32 bits per heavy atom. The van der Waals surface area contributed by atoms with Crippen LogP contribution in [0.15, 0.2) is 28.1 Å². The van der Waals surface area contributed by atoms with Crippen molar-refractivity contribution >= 4 is 15.8 Å². The van der Waals surface area contributed by atoms with E-state index in [0.29, 0.717) is 29.5 Å². The van der Waals surface area contributed by atoms with Crippen molar-refractivity contribution in [3.63, 3.8) is 0 Å². The number of hydrogen-bond acceptors (Lipinski definition) is 4. The minimum absolute atomic E-state index is 0.284. The van der Waals surface area contributed by atoms with Crippen LogP contribution >= 0.6 is 0 Å². The number of benzene rings is 1. The highest BCUT2D eigenvalue weighted by Gasteiger charge is 2.65. The van der Waals surface area contributed by atoms with Crippen molar-refractivity contribution < 1.29 is 13.2 Å². The Balaban J connectivity index is 1.41. The van der Waals surface area contributed by atoms with Gasteiger partial charge in [0.15, 0.2) is 15.8 Å². The van der Waals surface area contributed by atoms with Gasteiger partial charge in [-0.2, -0.15) is 0 Å². The maximum absolute atomic E-state index is 11.8. The number of nitrogens with zero attached hydrogens (tertiary/aromatic N) is 1. The number of sulfone groups is 1. The molecule has 0 radical (unpaired) electrons. The van der Waals surface area contributed by atoms with Gasteiger partial charge in [-0.05, 0) is 43.4 Å². The third-order valence-corrected chi connectivity index (χ3v) is 8.16. The van der Waals surface area contributed by atoms with Crippen molar-refractivity contribution in [2.75, 3.05) is 19.9 Å². The molecule has 3 atom stereocenters. The Bertz CT molecular complexity index is 875. The summed E-state index contributed by atoms with van der Waals surface area (Å²) in [5.74, 6) is 1.40. The molecule has 6 nitrogen and oxygen atoms in total. The van der Waals surface area contributed by atoms with Gasteiger partial charge in [0.25, 0.3) is 0 Å². The molecule has 0 bridgehead atoms. The smallest absolute Gasteiger partial charge is 0.191 e. The minimum atomic E-state index is -3.19. The van der Waals surface area contributed by atoms with Gasteiger partial charge in [-0.15, -0.1) is 0 Å². The Morgan fingerprint density at radius 3 is 2.71 bits per heavy atom. The summed E-state index contributed by atoms with van der Waals surface area (Å²) >= 11 is 0. The lowest BCUT2D eigenvalue weighted by Crippen LogP contribution is -2.69. The summed E-state index contributed by atoms with van der Waals surface area (Å²) in [6, 6.07) is 5.92. The monoisotopic (exact) mass is 405 g/mol. The molecule has 1 aromatic carbocycles. The van der Waals surface area contributed by atoms with Crippen LogP contribution in [0.25, 0.3) is 0 Å². The van der Waals surface area contributed by atoms with E-state index in [0.717, 1.165) is 30.1 Å². The number of aryl methyl sites for hydroxylation is 1. The molecular formula is C21H31N3O3S. The molecule has 4 rings (SSSR count). The Labute approximate surface area is 168 Å². The molecule has 1 heterocycles. The third kappa shape index (κ3) is 3.32. The molecule has 3 unspecified atom stereocenters. The van der Waals surface area contributed by atoms with Crippen LogP contribution in [-0.4, -0.2) is 46.4 Å². The van der Waals surface area contributed by atoms with Crippen molar-refractivity contribution in [1.82, 2.24) is 10.6 Å². The van der Waals surface area contributed by atoms with Gasteiger partial charge in [-0.25, -0.2) is 8.42 Å². The predicted molar refractivity (Wildman–Crippen MR) is 110 cm³/mol. The van der Waals surface area contributed by atoms with Gasteiger partial charge in [0.2, 0.25) is 0 Å². The fourth-order valence-corrected chi connectivity index (χ4v) is 6.63. The molecule has 2 aliphatic carbocycles. The standard InChI is InChI=1S/C21H31N3O3S/c1-14-12-15(6-7-17(14)28(3,25)26)13-23-20(22-2)24-18-16-8-11-27-19(16)21(18)9-4-5-10-21/h6-7,12,16,18-19H,4-5,8-11,13H2,1-3H3,(H2,22,23,24). The fourth-order valence-electron chi connectivity index (χ4n) is 5.67. The van der Waals surface area contributed by atoms with Crippen LogP contribution in [0.3, 0.4) is 0 Å². The van der Waals surface area contributed by atoms with Crippen LogP contribution in [0.1, 0.15) is 43.2 Å². The number of hydrogen-bond donors (Lipinski definition) is 2. The molecule has 7 heteroatoms. The van der Waals surface area contributed by atoms with Crippen LogP contribution in [0.4, 0.5) is 0 Å². The second-order valence-electron chi connectivity index (χ2n) is 8.60.